The van der Waals surface area contributed by atoms with Crippen molar-refractivity contribution in [1.82, 2.24) is 9.97 Å². The second-order valence-corrected chi connectivity index (χ2v) is 3.33. The van der Waals surface area contributed by atoms with Crippen LogP contribution in [0.2, 0.25) is 0 Å². The normalized spacial score (nSPS) is 10.1. The molecule has 0 saturated heterocycles. The fourth-order valence-corrected chi connectivity index (χ4v) is 1.21. The van der Waals surface area contributed by atoms with Gasteiger partial charge in [0.2, 0.25) is 0 Å². The van der Waals surface area contributed by atoms with E-state index in [1.54, 1.807) is 12.4 Å². The number of hydrogen-bond acceptors (Lipinski definition) is 3. The van der Waals surface area contributed by atoms with E-state index in [1.807, 2.05) is 0 Å². The van der Waals surface area contributed by atoms with Crippen molar-refractivity contribution < 1.29 is 9.13 Å². The zero-order chi connectivity index (χ0) is 11.4. The molecule has 2 rings (SSSR count). The number of hydrogen-bond donors (Lipinski definition) is 0. The molecular formula is C11H8ClFN2O. The summed E-state index contributed by atoms with van der Waals surface area (Å²) in [4.78, 5) is 7.91. The van der Waals surface area contributed by atoms with Gasteiger partial charge in [-0.05, 0) is 24.3 Å². The lowest BCUT2D eigenvalue weighted by Crippen LogP contribution is -1.92. The van der Waals surface area contributed by atoms with E-state index in [0.29, 0.717) is 11.6 Å². The molecular weight excluding hydrogens is 231 g/mol. The molecule has 0 bridgehead atoms. The molecule has 0 unspecified atom stereocenters. The molecule has 0 aliphatic heterocycles. The number of aromatic nitrogens is 2. The van der Waals surface area contributed by atoms with Crippen molar-refractivity contribution in [2.45, 2.75) is 5.88 Å². The van der Waals surface area contributed by atoms with Crippen LogP contribution in [0, 0.1) is 5.82 Å². The van der Waals surface area contributed by atoms with E-state index < -0.39 is 0 Å². The lowest BCUT2D eigenvalue weighted by Gasteiger charge is -2.03. The molecule has 0 atom stereocenters. The van der Waals surface area contributed by atoms with Crippen molar-refractivity contribution in [2.24, 2.45) is 0 Å². The van der Waals surface area contributed by atoms with Crippen LogP contribution in [0.5, 0.6) is 11.8 Å². The van der Waals surface area contributed by atoms with Gasteiger partial charge in [-0.15, -0.1) is 11.6 Å². The molecule has 0 aliphatic carbocycles. The molecule has 82 valence electrons. The van der Waals surface area contributed by atoms with E-state index in [-0.39, 0.29) is 11.8 Å². The Balaban J connectivity index is 2.11. The molecule has 1 heterocycles. The summed E-state index contributed by atoms with van der Waals surface area (Å²) in [5.41, 5.74) is 0.813. The fourth-order valence-electron chi connectivity index (χ4n) is 1.07. The van der Waals surface area contributed by atoms with Crippen LogP contribution in [0.25, 0.3) is 0 Å². The number of rotatable bonds is 3. The summed E-state index contributed by atoms with van der Waals surface area (Å²) in [6.45, 7) is 0. The lowest BCUT2D eigenvalue weighted by atomic mass is 10.3. The molecule has 1 aromatic carbocycles. The first-order valence-electron chi connectivity index (χ1n) is 4.58. The highest BCUT2D eigenvalue weighted by Gasteiger charge is 2.00. The Morgan fingerprint density at radius 1 is 1.12 bits per heavy atom. The van der Waals surface area contributed by atoms with Gasteiger partial charge in [-0.2, -0.15) is 0 Å². The van der Waals surface area contributed by atoms with E-state index in [0.717, 1.165) is 5.56 Å². The minimum Gasteiger partial charge on any atom is -0.424 e. The number of halogens is 2. The third-order valence-electron chi connectivity index (χ3n) is 1.86. The van der Waals surface area contributed by atoms with Crippen LogP contribution in [0.15, 0.2) is 36.7 Å². The second-order valence-electron chi connectivity index (χ2n) is 3.06. The zero-order valence-electron chi connectivity index (χ0n) is 8.23. The summed E-state index contributed by atoms with van der Waals surface area (Å²) >= 11 is 5.59. The third kappa shape index (κ3) is 2.67. The van der Waals surface area contributed by atoms with Gasteiger partial charge in [0.05, 0.1) is 5.88 Å². The summed E-state index contributed by atoms with van der Waals surface area (Å²) in [6, 6.07) is 5.84. The van der Waals surface area contributed by atoms with Gasteiger partial charge in [0.25, 0.3) is 0 Å². The smallest absolute Gasteiger partial charge is 0.321 e. The number of ether oxygens (including phenoxy) is 1. The Labute approximate surface area is 96.9 Å². The number of nitrogens with zero attached hydrogens (tertiary/aromatic N) is 2. The first-order valence-corrected chi connectivity index (χ1v) is 5.11. The Hall–Kier alpha value is -1.68. The Morgan fingerprint density at radius 2 is 1.75 bits per heavy atom. The van der Waals surface area contributed by atoms with Gasteiger partial charge in [0.15, 0.2) is 0 Å². The average Bonchev–Trinajstić information content (AvgIpc) is 2.33. The molecule has 0 spiro atoms. The summed E-state index contributed by atoms with van der Waals surface area (Å²) in [5, 5.41) is 0. The minimum absolute atomic E-state index is 0.209. The molecule has 0 fully saturated rings. The molecule has 0 radical (unpaired) electrons. The van der Waals surface area contributed by atoms with Crippen molar-refractivity contribution in [1.29, 1.82) is 0 Å². The summed E-state index contributed by atoms with van der Waals surface area (Å²) < 4.78 is 17.9. The molecule has 0 saturated carbocycles. The highest BCUT2D eigenvalue weighted by Crippen LogP contribution is 2.17. The van der Waals surface area contributed by atoms with Gasteiger partial charge in [-0.1, -0.05) is 0 Å². The molecule has 5 heteroatoms. The third-order valence-corrected chi connectivity index (χ3v) is 2.17. The van der Waals surface area contributed by atoms with Gasteiger partial charge < -0.3 is 4.74 Å². The maximum atomic E-state index is 12.6. The van der Waals surface area contributed by atoms with Crippen LogP contribution < -0.4 is 4.74 Å². The van der Waals surface area contributed by atoms with Crippen molar-refractivity contribution >= 4 is 11.6 Å². The Bertz CT molecular complexity index is 458. The highest BCUT2D eigenvalue weighted by molar-refractivity contribution is 6.17. The summed E-state index contributed by atoms with van der Waals surface area (Å²) in [5.74, 6) is 0.530. The zero-order valence-corrected chi connectivity index (χ0v) is 8.99. The molecule has 1 aromatic heterocycles. The van der Waals surface area contributed by atoms with Gasteiger partial charge in [0.1, 0.15) is 11.6 Å². The maximum absolute atomic E-state index is 12.6. The summed E-state index contributed by atoms with van der Waals surface area (Å²) in [6.07, 6.45) is 3.16. The van der Waals surface area contributed by atoms with Gasteiger partial charge >= 0.3 is 6.01 Å². The molecule has 16 heavy (non-hydrogen) atoms. The standard InChI is InChI=1S/C11H8ClFN2O/c12-5-8-6-14-11(15-7-8)16-10-3-1-9(13)2-4-10/h1-4,6-7H,5H2. The second kappa shape index (κ2) is 4.90. The van der Waals surface area contributed by atoms with Crippen LogP contribution >= 0.6 is 11.6 Å². The molecule has 2 aromatic rings. The van der Waals surface area contributed by atoms with Crippen LogP contribution in [0.3, 0.4) is 0 Å². The molecule has 0 N–H and O–H groups in total. The largest absolute Gasteiger partial charge is 0.424 e. The predicted octanol–water partition coefficient (Wildman–Crippen LogP) is 3.15. The van der Waals surface area contributed by atoms with E-state index in [4.69, 9.17) is 16.3 Å². The molecule has 0 aliphatic rings. The molecule has 0 amide bonds. The van der Waals surface area contributed by atoms with Crippen molar-refractivity contribution in [3.8, 4) is 11.8 Å². The fraction of sp³-hybridized carbons (Fsp3) is 0.0909. The Kier molecular flexibility index (Phi) is 3.31. The van der Waals surface area contributed by atoms with Crippen molar-refractivity contribution in [3.05, 3.63) is 48.0 Å². The maximum Gasteiger partial charge on any atom is 0.321 e. The van der Waals surface area contributed by atoms with E-state index >= 15 is 0 Å². The van der Waals surface area contributed by atoms with Crippen LogP contribution in [-0.4, -0.2) is 9.97 Å². The first kappa shape index (κ1) is 10.8. The van der Waals surface area contributed by atoms with Crippen LogP contribution in [-0.2, 0) is 5.88 Å². The topological polar surface area (TPSA) is 35.0 Å². The SMILES string of the molecule is Fc1ccc(Oc2ncc(CCl)cn2)cc1. The van der Waals surface area contributed by atoms with Crippen molar-refractivity contribution in [3.63, 3.8) is 0 Å². The van der Waals surface area contributed by atoms with Gasteiger partial charge in [-0.25, -0.2) is 14.4 Å². The van der Waals surface area contributed by atoms with E-state index in [2.05, 4.69) is 9.97 Å². The average molecular weight is 239 g/mol. The van der Waals surface area contributed by atoms with Crippen LogP contribution in [0.1, 0.15) is 5.56 Å². The van der Waals surface area contributed by atoms with E-state index in [1.165, 1.54) is 24.3 Å². The first-order chi connectivity index (χ1) is 7.78. The predicted molar refractivity (Wildman–Crippen MR) is 58.1 cm³/mol. The minimum atomic E-state index is -0.314. The highest BCUT2D eigenvalue weighted by atomic mass is 35.5. The van der Waals surface area contributed by atoms with E-state index in [9.17, 15) is 4.39 Å². The monoisotopic (exact) mass is 238 g/mol. The van der Waals surface area contributed by atoms with Gasteiger partial charge in [-0.3, -0.25) is 0 Å². The summed E-state index contributed by atoms with van der Waals surface area (Å²) in [7, 11) is 0. The van der Waals surface area contributed by atoms with Gasteiger partial charge in [0, 0.05) is 18.0 Å². The molecule has 3 nitrogen and oxygen atoms in total. The quantitative estimate of drug-likeness (QED) is 0.771. The van der Waals surface area contributed by atoms with Crippen molar-refractivity contribution in [2.75, 3.05) is 0 Å². The lowest BCUT2D eigenvalue weighted by molar-refractivity contribution is 0.440. The van der Waals surface area contributed by atoms with Crippen LogP contribution in [0.4, 0.5) is 4.39 Å². The Morgan fingerprint density at radius 3 is 2.31 bits per heavy atom. The number of alkyl halides is 1. The number of benzene rings is 1.